The number of carbonyl (C=O) groups is 1. The zero-order valence-electron chi connectivity index (χ0n) is 11.4. The van der Waals surface area contributed by atoms with Gasteiger partial charge in [0.25, 0.3) is 0 Å². The molecule has 0 aliphatic rings. The van der Waals surface area contributed by atoms with Gasteiger partial charge in [0.1, 0.15) is 0 Å². The second-order valence-electron chi connectivity index (χ2n) is 4.76. The Labute approximate surface area is 124 Å². The predicted octanol–water partition coefficient (Wildman–Crippen LogP) is 3.48. The molecule has 2 rings (SSSR count). The van der Waals surface area contributed by atoms with Gasteiger partial charge in [-0.1, -0.05) is 62.0 Å². The fourth-order valence-electron chi connectivity index (χ4n) is 2.25. The average Bonchev–Trinajstić information content (AvgIpc) is 2.44. The van der Waals surface area contributed by atoms with Crippen molar-refractivity contribution in [3.8, 4) is 0 Å². The van der Waals surface area contributed by atoms with Gasteiger partial charge in [0.05, 0.1) is 10.9 Å². The van der Waals surface area contributed by atoms with Gasteiger partial charge in [-0.2, -0.15) is 0 Å². The monoisotopic (exact) mass is 286 g/mol. The van der Waals surface area contributed by atoms with Crippen molar-refractivity contribution in [3.63, 3.8) is 0 Å². The number of rotatable bonds is 5. The number of carbonyl (C=O) groups excluding carboxylic acids is 1. The van der Waals surface area contributed by atoms with E-state index in [-0.39, 0.29) is 10.9 Å². The summed E-state index contributed by atoms with van der Waals surface area (Å²) in [6, 6.07) is 13.8. The number of nitrogens with two attached hydrogens (primary N) is 1. The molecule has 2 aromatic rings. The topological polar surface area (TPSA) is 55.1 Å². The molecule has 2 aromatic carbocycles. The molecule has 3 N–H and O–H groups in total. The number of nitrogens with one attached hydrogen (secondary N) is 1. The normalized spacial score (nSPS) is 12.1. The molecular formula is C16H18N2OS. The van der Waals surface area contributed by atoms with Crippen LogP contribution in [0.5, 0.6) is 0 Å². The number of hydrogen-bond acceptors (Lipinski definition) is 2. The second kappa shape index (κ2) is 6.48. The van der Waals surface area contributed by atoms with Crippen LogP contribution in [-0.2, 0) is 4.79 Å². The van der Waals surface area contributed by atoms with Crippen LogP contribution in [0.2, 0.25) is 0 Å². The maximum absolute atomic E-state index is 12.3. The van der Waals surface area contributed by atoms with E-state index in [4.69, 9.17) is 18.0 Å². The largest absolute Gasteiger partial charge is 0.393 e. The van der Waals surface area contributed by atoms with Gasteiger partial charge in [0.2, 0.25) is 5.91 Å². The van der Waals surface area contributed by atoms with Crippen molar-refractivity contribution in [1.29, 1.82) is 0 Å². The van der Waals surface area contributed by atoms with Gasteiger partial charge in [-0.05, 0) is 17.9 Å². The van der Waals surface area contributed by atoms with Gasteiger partial charge in [-0.3, -0.25) is 4.79 Å². The van der Waals surface area contributed by atoms with E-state index in [1.165, 1.54) is 0 Å². The van der Waals surface area contributed by atoms with Crippen molar-refractivity contribution >= 4 is 39.6 Å². The molecule has 3 nitrogen and oxygen atoms in total. The molecule has 0 aromatic heterocycles. The molecule has 20 heavy (non-hydrogen) atoms. The smallest absolute Gasteiger partial charge is 0.234 e. The van der Waals surface area contributed by atoms with Crippen LogP contribution in [0.1, 0.15) is 19.8 Å². The van der Waals surface area contributed by atoms with Gasteiger partial charge in [0, 0.05) is 11.1 Å². The van der Waals surface area contributed by atoms with E-state index in [9.17, 15) is 4.79 Å². The van der Waals surface area contributed by atoms with Crippen molar-refractivity contribution in [2.24, 2.45) is 11.7 Å². The minimum atomic E-state index is -0.408. The molecular weight excluding hydrogens is 268 g/mol. The Morgan fingerprint density at radius 1 is 1.25 bits per heavy atom. The number of fused-ring (bicyclic) bond motifs is 1. The summed E-state index contributed by atoms with van der Waals surface area (Å²) < 4.78 is 0. The van der Waals surface area contributed by atoms with Crippen molar-refractivity contribution in [1.82, 2.24) is 0 Å². The molecule has 0 saturated heterocycles. The van der Waals surface area contributed by atoms with E-state index in [2.05, 4.69) is 5.32 Å². The van der Waals surface area contributed by atoms with E-state index in [1.807, 2.05) is 49.4 Å². The van der Waals surface area contributed by atoms with E-state index in [1.54, 1.807) is 0 Å². The predicted molar refractivity (Wildman–Crippen MR) is 87.8 cm³/mol. The Kier molecular flexibility index (Phi) is 4.69. The number of hydrogen-bond donors (Lipinski definition) is 2. The van der Waals surface area contributed by atoms with Crippen molar-refractivity contribution in [3.05, 3.63) is 42.5 Å². The minimum absolute atomic E-state index is 0.129. The standard InChI is InChI=1S/C16H18N2OS/c1-2-6-13(15(17)20)16(19)18-14-10-5-8-11-7-3-4-9-12(11)14/h3-5,7-10,13H,2,6H2,1H3,(H2,17,20)(H,18,19). The van der Waals surface area contributed by atoms with Crippen LogP contribution < -0.4 is 11.1 Å². The Hall–Kier alpha value is -1.94. The van der Waals surface area contributed by atoms with E-state index in [0.717, 1.165) is 22.9 Å². The van der Waals surface area contributed by atoms with Crippen LogP contribution in [0.15, 0.2) is 42.5 Å². The van der Waals surface area contributed by atoms with E-state index < -0.39 is 5.92 Å². The first-order chi connectivity index (χ1) is 9.63. The molecule has 1 amide bonds. The molecule has 0 fully saturated rings. The van der Waals surface area contributed by atoms with E-state index in [0.29, 0.717) is 6.42 Å². The van der Waals surface area contributed by atoms with Crippen LogP contribution in [0.4, 0.5) is 5.69 Å². The number of benzene rings is 2. The van der Waals surface area contributed by atoms with Gasteiger partial charge in [-0.25, -0.2) is 0 Å². The first-order valence-corrected chi connectivity index (χ1v) is 7.12. The average molecular weight is 286 g/mol. The zero-order chi connectivity index (χ0) is 14.5. The summed E-state index contributed by atoms with van der Waals surface area (Å²) in [6.07, 6.45) is 1.54. The Balaban J connectivity index is 2.27. The lowest BCUT2D eigenvalue weighted by molar-refractivity contribution is -0.118. The molecule has 0 aliphatic carbocycles. The highest BCUT2D eigenvalue weighted by Crippen LogP contribution is 2.24. The second-order valence-corrected chi connectivity index (χ2v) is 5.23. The maximum Gasteiger partial charge on any atom is 0.234 e. The number of thiocarbonyl (C=S) groups is 1. The molecule has 0 heterocycles. The summed E-state index contributed by atoms with van der Waals surface area (Å²) in [4.78, 5) is 12.6. The van der Waals surface area contributed by atoms with Crippen molar-refractivity contribution in [2.45, 2.75) is 19.8 Å². The number of amides is 1. The first kappa shape index (κ1) is 14.5. The van der Waals surface area contributed by atoms with Gasteiger partial charge in [-0.15, -0.1) is 0 Å². The summed E-state index contributed by atoms with van der Waals surface area (Å²) in [6.45, 7) is 2.01. The summed E-state index contributed by atoms with van der Waals surface area (Å²) in [5, 5.41) is 5.05. The molecule has 0 spiro atoms. The molecule has 4 heteroatoms. The summed E-state index contributed by atoms with van der Waals surface area (Å²) in [5.74, 6) is -0.537. The number of anilines is 1. The molecule has 0 bridgehead atoms. The third-order valence-corrected chi connectivity index (χ3v) is 3.57. The molecule has 1 atom stereocenters. The van der Waals surface area contributed by atoms with Crippen LogP contribution >= 0.6 is 12.2 Å². The highest BCUT2D eigenvalue weighted by molar-refractivity contribution is 7.80. The van der Waals surface area contributed by atoms with Gasteiger partial charge in [0.15, 0.2) is 0 Å². The Morgan fingerprint density at radius 3 is 2.65 bits per heavy atom. The van der Waals surface area contributed by atoms with Gasteiger partial charge >= 0.3 is 0 Å². The molecule has 0 saturated carbocycles. The van der Waals surface area contributed by atoms with Crippen molar-refractivity contribution in [2.75, 3.05) is 5.32 Å². The van der Waals surface area contributed by atoms with Crippen LogP contribution in [0.25, 0.3) is 10.8 Å². The van der Waals surface area contributed by atoms with Crippen LogP contribution in [0, 0.1) is 5.92 Å². The third kappa shape index (κ3) is 3.14. The summed E-state index contributed by atoms with van der Waals surface area (Å²) in [7, 11) is 0. The molecule has 1 unspecified atom stereocenters. The highest BCUT2D eigenvalue weighted by Gasteiger charge is 2.20. The van der Waals surface area contributed by atoms with Gasteiger partial charge < -0.3 is 11.1 Å². The maximum atomic E-state index is 12.3. The third-order valence-electron chi connectivity index (χ3n) is 3.28. The van der Waals surface area contributed by atoms with E-state index >= 15 is 0 Å². The summed E-state index contributed by atoms with van der Waals surface area (Å²) >= 11 is 4.99. The first-order valence-electron chi connectivity index (χ1n) is 6.71. The summed E-state index contributed by atoms with van der Waals surface area (Å²) in [5.41, 5.74) is 6.46. The fourth-order valence-corrected chi connectivity index (χ4v) is 2.47. The Bertz CT molecular complexity index is 634. The lowest BCUT2D eigenvalue weighted by atomic mass is 10.0. The highest BCUT2D eigenvalue weighted by atomic mass is 32.1. The van der Waals surface area contributed by atoms with Crippen LogP contribution in [-0.4, -0.2) is 10.9 Å². The van der Waals surface area contributed by atoms with Crippen molar-refractivity contribution < 1.29 is 4.79 Å². The lowest BCUT2D eigenvalue weighted by Crippen LogP contribution is -2.33. The molecule has 0 aliphatic heterocycles. The molecule has 0 radical (unpaired) electrons. The van der Waals surface area contributed by atoms with Crippen LogP contribution in [0.3, 0.4) is 0 Å². The zero-order valence-corrected chi connectivity index (χ0v) is 12.2. The minimum Gasteiger partial charge on any atom is -0.393 e. The quantitative estimate of drug-likeness (QED) is 0.827. The SMILES string of the molecule is CCCC(C(=O)Nc1cccc2ccccc12)C(N)=S. The molecule has 104 valence electrons. The lowest BCUT2D eigenvalue weighted by Gasteiger charge is -2.15. The fraction of sp³-hybridized carbons (Fsp3) is 0.250. The Morgan fingerprint density at radius 2 is 1.95 bits per heavy atom.